The van der Waals surface area contributed by atoms with Gasteiger partial charge in [-0.1, -0.05) is 97.3 Å². The zero-order chi connectivity index (χ0) is 33.8. The van der Waals surface area contributed by atoms with E-state index in [1.54, 1.807) is 11.3 Å². The van der Waals surface area contributed by atoms with Gasteiger partial charge in [-0.2, -0.15) is 0 Å². The van der Waals surface area contributed by atoms with Crippen molar-refractivity contribution >= 4 is 61.7 Å². The van der Waals surface area contributed by atoms with Crippen LogP contribution < -0.4 is 5.38 Å². The minimum Gasteiger partial charge on any atom is -0.512 e. The molecule has 0 spiro atoms. The van der Waals surface area contributed by atoms with Gasteiger partial charge in [0.15, 0.2) is 11.4 Å². The molecule has 0 aliphatic carbocycles. The number of carbonyl (C=O) groups is 1. The Morgan fingerprint density at radius 2 is 1.62 bits per heavy atom. The van der Waals surface area contributed by atoms with Crippen LogP contribution in [0, 0.1) is 23.3 Å². The molecule has 3 heterocycles. The molecule has 3 aromatic heterocycles. The van der Waals surface area contributed by atoms with Crippen molar-refractivity contribution in [2.75, 3.05) is 0 Å². The Labute approximate surface area is 300 Å². The van der Waals surface area contributed by atoms with Crippen molar-refractivity contribution in [3.05, 3.63) is 72.1 Å². The summed E-state index contributed by atoms with van der Waals surface area (Å²) in [6.07, 6.45) is 7.83. The number of hydrogen-bond acceptors (Lipinski definition) is 5. The Hall–Kier alpha value is -2.57. The molecule has 0 saturated carbocycles. The number of thiophene rings is 1. The average molecular weight is 847 g/mol. The van der Waals surface area contributed by atoms with Gasteiger partial charge in [0.2, 0.25) is 0 Å². The van der Waals surface area contributed by atoms with Crippen LogP contribution in [0.25, 0.3) is 42.4 Å². The number of allylic oxidation sites excluding steroid dienone is 2. The van der Waals surface area contributed by atoms with E-state index in [-0.39, 0.29) is 48.9 Å². The van der Waals surface area contributed by atoms with Gasteiger partial charge in [-0.3, -0.25) is 9.78 Å². The van der Waals surface area contributed by atoms with Gasteiger partial charge < -0.3 is 9.52 Å². The molecule has 47 heavy (non-hydrogen) atoms. The second kappa shape index (κ2) is 16.2. The Bertz CT molecular complexity index is 1830. The molecule has 0 aliphatic heterocycles. The number of hydrogen-bond donors (Lipinski definition) is 1. The van der Waals surface area contributed by atoms with Gasteiger partial charge >= 0.3 is 0 Å². The normalized spacial score (nSPS) is 12.6. The van der Waals surface area contributed by atoms with Crippen LogP contribution in [0.5, 0.6) is 0 Å². The van der Waals surface area contributed by atoms with Crippen LogP contribution in [-0.4, -0.2) is 23.9 Å². The zero-order valence-electron chi connectivity index (χ0n) is 29.8. The number of carbonyl (C=O) groups excluding carboxylic acids is 1. The predicted molar refractivity (Wildman–Crippen MR) is 201 cm³/mol. The largest absolute Gasteiger partial charge is 0.512 e. The van der Waals surface area contributed by atoms with Gasteiger partial charge in [0.25, 0.3) is 0 Å². The van der Waals surface area contributed by atoms with E-state index in [2.05, 4.69) is 88.9 Å². The number of nitrogens with zero attached hydrogens (tertiary/aromatic N) is 1. The summed E-state index contributed by atoms with van der Waals surface area (Å²) in [5.41, 5.74) is 4.65. The van der Waals surface area contributed by atoms with Crippen LogP contribution in [0.2, 0.25) is 19.6 Å². The smallest absolute Gasteiger partial charge is 0.162 e. The molecule has 255 valence electrons. The molecule has 0 fully saturated rings. The van der Waals surface area contributed by atoms with Crippen molar-refractivity contribution in [2.24, 2.45) is 17.3 Å². The van der Waals surface area contributed by atoms with Crippen molar-refractivity contribution in [1.82, 2.24) is 4.98 Å². The zero-order valence-corrected chi connectivity index (χ0v) is 34.1. The van der Waals surface area contributed by atoms with Crippen LogP contribution in [0.15, 0.2) is 64.9 Å². The van der Waals surface area contributed by atoms with Crippen LogP contribution in [-0.2, 0) is 31.3 Å². The van der Waals surface area contributed by atoms with Gasteiger partial charge in [0.1, 0.15) is 8.07 Å². The van der Waals surface area contributed by atoms with E-state index in [1.807, 2.05) is 33.9 Å². The van der Waals surface area contributed by atoms with Crippen molar-refractivity contribution in [3.63, 3.8) is 0 Å². The fraction of sp³-hybridized carbons (Fsp3) is 0.450. The molecule has 1 N–H and O–H groups in total. The number of rotatable bonds is 10. The maximum absolute atomic E-state index is 11.7. The number of benzene rings is 2. The SMILES string of the molecule is CC(C)(C)Cc1cc(-c2nccc3c2sc2cc([Si](C)(C)C)oc23)[c-]c2ccccc12.CCC(CC)C(=O)/C=C(\O)C(CC)CC.[Ir]. The maximum Gasteiger partial charge on any atom is 0.162 e. The Morgan fingerprint density at radius 3 is 2.21 bits per heavy atom. The fourth-order valence-electron chi connectivity index (χ4n) is 5.97. The second-order valence-corrected chi connectivity index (χ2v) is 20.7. The topological polar surface area (TPSA) is 63.3 Å². The summed E-state index contributed by atoms with van der Waals surface area (Å²) in [6.45, 7) is 21.9. The molecule has 5 rings (SSSR count). The first-order valence-electron chi connectivity index (χ1n) is 16.9. The first-order chi connectivity index (χ1) is 21.7. The van der Waals surface area contributed by atoms with Gasteiger partial charge in [-0.25, -0.2) is 0 Å². The second-order valence-electron chi connectivity index (χ2n) is 14.7. The minimum absolute atomic E-state index is 0. The maximum atomic E-state index is 11.7. The van der Waals surface area contributed by atoms with E-state index >= 15 is 0 Å². The van der Waals surface area contributed by atoms with Crippen LogP contribution in [0.4, 0.5) is 0 Å². The van der Waals surface area contributed by atoms with E-state index < -0.39 is 8.07 Å². The summed E-state index contributed by atoms with van der Waals surface area (Å²) >= 11 is 1.79. The molecule has 0 atom stereocenters. The molecule has 0 unspecified atom stereocenters. The average Bonchev–Trinajstić information content (AvgIpc) is 3.57. The Kier molecular flexibility index (Phi) is 13.4. The van der Waals surface area contributed by atoms with E-state index in [4.69, 9.17) is 9.40 Å². The quantitative estimate of drug-likeness (QED) is 0.0658. The van der Waals surface area contributed by atoms with Gasteiger partial charge in [-0.15, -0.1) is 40.5 Å². The summed E-state index contributed by atoms with van der Waals surface area (Å²) in [5, 5.41) is 14.5. The number of furan rings is 1. The summed E-state index contributed by atoms with van der Waals surface area (Å²) in [6, 6.07) is 18.9. The Morgan fingerprint density at radius 1 is 0.979 bits per heavy atom. The van der Waals surface area contributed by atoms with E-state index in [9.17, 15) is 9.90 Å². The van der Waals surface area contributed by atoms with Gasteiger partial charge in [-0.05, 0) is 49.7 Å². The molecule has 1 radical (unpaired) electrons. The fourth-order valence-corrected chi connectivity index (χ4v) is 8.22. The van der Waals surface area contributed by atoms with Crippen molar-refractivity contribution in [2.45, 2.75) is 100 Å². The molecular weight excluding hydrogens is 795 g/mol. The van der Waals surface area contributed by atoms with Crippen molar-refractivity contribution in [1.29, 1.82) is 0 Å². The predicted octanol–water partition coefficient (Wildman–Crippen LogP) is 11.7. The monoisotopic (exact) mass is 847 g/mol. The Balaban J connectivity index is 0.000000322. The molecule has 0 saturated heterocycles. The third-order valence-electron chi connectivity index (χ3n) is 8.72. The number of aromatic nitrogens is 1. The molecule has 4 nitrogen and oxygen atoms in total. The first-order valence-corrected chi connectivity index (χ1v) is 21.2. The van der Waals surface area contributed by atoms with Crippen LogP contribution >= 0.6 is 11.3 Å². The minimum atomic E-state index is -1.49. The third kappa shape index (κ3) is 9.32. The molecule has 2 aromatic carbocycles. The molecule has 5 aromatic rings. The third-order valence-corrected chi connectivity index (χ3v) is 11.6. The van der Waals surface area contributed by atoms with Crippen molar-refractivity contribution < 1.29 is 34.4 Å². The first kappa shape index (κ1) is 38.9. The summed E-state index contributed by atoms with van der Waals surface area (Å²) in [4.78, 5) is 16.5. The molecule has 0 aliphatic rings. The number of aliphatic hydroxyl groups is 1. The van der Waals surface area contributed by atoms with Crippen molar-refractivity contribution in [3.8, 4) is 11.3 Å². The van der Waals surface area contributed by atoms with Gasteiger partial charge in [0, 0.05) is 60.0 Å². The number of fused-ring (bicyclic) bond motifs is 4. The number of aliphatic hydroxyl groups excluding tert-OH is 1. The molecule has 7 heteroatoms. The summed E-state index contributed by atoms with van der Waals surface area (Å²) < 4.78 is 8.78. The molecular formula is C40H52IrNO3SSi-. The van der Waals surface area contributed by atoms with E-state index in [0.29, 0.717) is 0 Å². The summed E-state index contributed by atoms with van der Waals surface area (Å²) in [7, 11) is -1.49. The van der Waals surface area contributed by atoms with Crippen LogP contribution in [0.1, 0.15) is 79.7 Å². The molecule has 0 bridgehead atoms. The standard InChI is InChI=1S/C27H28NOSSi.C13H24O2.Ir/c1-27(2,3)16-19-14-18(13-17-9-7-8-10-20(17)19)24-26-21(11-12-28-24)25-22(30-26)15-23(29-25)31(4,5)6;1-5-10(6-2)12(14)9-13(15)11(7-3)8-4;/h7-12,14-15H,16H2,1-6H3;9-11,14H,5-8H2,1-4H3;/q-1;;/b;12-9-;. The van der Waals surface area contributed by atoms with Gasteiger partial charge in [0.05, 0.1) is 15.8 Å². The summed E-state index contributed by atoms with van der Waals surface area (Å²) in [5.74, 6) is 0.547. The van der Waals surface area contributed by atoms with E-state index in [1.165, 1.54) is 31.8 Å². The number of ketones is 1. The number of pyridine rings is 1. The van der Waals surface area contributed by atoms with Crippen LogP contribution in [0.3, 0.4) is 0 Å². The molecule has 0 amide bonds. The van der Waals surface area contributed by atoms with E-state index in [0.717, 1.165) is 59.7 Å².